The van der Waals surface area contributed by atoms with Gasteiger partial charge in [0, 0.05) is 18.0 Å². The number of fused-ring (bicyclic) bond motifs is 2. The molecule has 2 aromatic carbocycles. The van der Waals surface area contributed by atoms with Crippen LogP contribution in [0.15, 0.2) is 53.9 Å². The fourth-order valence-electron chi connectivity index (χ4n) is 6.69. The summed E-state index contributed by atoms with van der Waals surface area (Å²) in [7, 11) is -4.96. The van der Waals surface area contributed by atoms with Crippen molar-refractivity contribution in [3.8, 4) is 17.2 Å². The largest absolute Gasteiger partial charge is 0.508 e. The zero-order valence-corrected chi connectivity index (χ0v) is 39.9. The summed E-state index contributed by atoms with van der Waals surface area (Å²) >= 11 is 1.04. The molecule has 0 spiro atoms. The molecule has 3 aromatic rings. The molecule has 1 aromatic heterocycles. The number of carbonyl (C=O) groups is 9. The number of rotatable bonds is 14. The number of nitrogens with one attached hydrogen (secondary N) is 8. The van der Waals surface area contributed by atoms with Crippen LogP contribution in [0.1, 0.15) is 79.6 Å². The highest BCUT2D eigenvalue weighted by Crippen LogP contribution is 2.25. The van der Waals surface area contributed by atoms with Crippen LogP contribution in [-0.2, 0) is 54.9 Å². The van der Waals surface area contributed by atoms with E-state index in [0.717, 1.165) is 35.6 Å². The Bertz CT molecular complexity index is 2590. The number of ketones is 1. The molecule has 24 nitrogen and oxygen atoms in total. The summed E-state index contributed by atoms with van der Waals surface area (Å²) in [6, 6.07) is 0.00555. The molecule has 0 saturated carbocycles. The number of aromatic nitrogens is 1. The average Bonchev–Trinajstić information content (AvgIpc) is 3.79. The lowest BCUT2D eigenvalue weighted by Gasteiger charge is -2.28. The van der Waals surface area contributed by atoms with Gasteiger partial charge in [-0.05, 0) is 67.7 Å². The molecule has 0 saturated heterocycles. The fourth-order valence-corrected chi connectivity index (χ4v) is 8.18. The third kappa shape index (κ3) is 16.7. The van der Waals surface area contributed by atoms with E-state index < -0.39 is 130 Å². The maximum Gasteiger partial charge on any atom is 0.290 e. The lowest BCUT2D eigenvalue weighted by molar-refractivity contribution is -0.141. The maximum absolute atomic E-state index is 14.1. The van der Waals surface area contributed by atoms with Crippen molar-refractivity contribution in [3.05, 3.63) is 75.7 Å². The molecular formula is C44H55N9O15S2. The van der Waals surface area contributed by atoms with E-state index in [1.165, 1.54) is 30.5 Å². The van der Waals surface area contributed by atoms with Crippen molar-refractivity contribution < 1.29 is 71.4 Å². The number of Topliss-reactive ketones (excluding diaryl/α,β-unsaturated/α-hetero) is 1. The molecule has 378 valence electrons. The summed E-state index contributed by atoms with van der Waals surface area (Å²) in [5, 5.41) is 50.2. The van der Waals surface area contributed by atoms with Gasteiger partial charge in [0.1, 0.15) is 52.2 Å². The molecule has 0 radical (unpaired) electrons. The van der Waals surface area contributed by atoms with Crippen molar-refractivity contribution in [1.29, 1.82) is 0 Å². The van der Waals surface area contributed by atoms with Gasteiger partial charge in [0.25, 0.3) is 21.9 Å². The highest BCUT2D eigenvalue weighted by Gasteiger charge is 2.36. The van der Waals surface area contributed by atoms with Gasteiger partial charge in [0.05, 0.1) is 29.9 Å². The quantitative estimate of drug-likeness (QED) is 0.0522. The van der Waals surface area contributed by atoms with E-state index in [-0.39, 0.29) is 47.0 Å². The van der Waals surface area contributed by atoms with Crippen molar-refractivity contribution in [2.24, 2.45) is 5.92 Å². The van der Waals surface area contributed by atoms with Gasteiger partial charge in [0.2, 0.25) is 41.2 Å². The zero-order valence-electron chi connectivity index (χ0n) is 38.3. The molecule has 1 aliphatic heterocycles. The van der Waals surface area contributed by atoms with Crippen molar-refractivity contribution in [3.63, 3.8) is 0 Å². The fraction of sp³-hybridized carbons (Fsp3) is 0.409. The summed E-state index contributed by atoms with van der Waals surface area (Å²) in [6.07, 6.45) is 2.65. The number of phenolic OH excluding ortho intramolecular Hbond substituents is 3. The third-order valence-electron chi connectivity index (χ3n) is 10.7. The van der Waals surface area contributed by atoms with Crippen LogP contribution in [0.4, 0.5) is 0 Å². The number of hydrogen-bond donors (Lipinski definition) is 12. The van der Waals surface area contributed by atoms with E-state index in [0.29, 0.717) is 12.0 Å². The van der Waals surface area contributed by atoms with E-state index in [4.69, 9.17) is 0 Å². The van der Waals surface area contributed by atoms with Gasteiger partial charge in [-0.2, -0.15) is 8.42 Å². The van der Waals surface area contributed by atoms with Crippen molar-refractivity contribution in [1.82, 2.24) is 47.5 Å². The second kappa shape index (κ2) is 25.2. The Hall–Kier alpha value is -7.45. The minimum Gasteiger partial charge on any atom is -0.508 e. The highest BCUT2D eigenvalue weighted by atomic mass is 32.2. The topological polar surface area (TPSA) is 378 Å². The van der Waals surface area contributed by atoms with E-state index in [1.807, 2.05) is 0 Å². The molecule has 4 rings (SSSR count). The zero-order chi connectivity index (χ0) is 51.9. The first-order chi connectivity index (χ1) is 33.0. The molecule has 0 unspecified atom stereocenters. The average molecular weight is 1010 g/mol. The minimum atomic E-state index is -4.96. The first kappa shape index (κ1) is 55.1. The second-order valence-electron chi connectivity index (χ2n) is 16.2. The van der Waals surface area contributed by atoms with Gasteiger partial charge in [-0.3, -0.25) is 47.7 Å². The molecule has 7 atom stereocenters. The third-order valence-corrected chi connectivity index (χ3v) is 12.4. The number of thiazole rings is 1. The van der Waals surface area contributed by atoms with E-state index in [9.17, 15) is 71.4 Å². The Morgan fingerprint density at radius 3 is 2.19 bits per heavy atom. The monoisotopic (exact) mass is 1010 g/mol. The molecular weight excluding hydrogens is 959 g/mol. The van der Waals surface area contributed by atoms with Crippen LogP contribution in [0, 0.1) is 5.92 Å². The summed E-state index contributed by atoms with van der Waals surface area (Å²) in [6.45, 7) is 4.61. The van der Waals surface area contributed by atoms with Gasteiger partial charge in [-0.15, -0.1) is 11.3 Å². The van der Waals surface area contributed by atoms with Crippen LogP contribution < -0.4 is 42.5 Å². The molecule has 2 bridgehead atoms. The molecule has 26 heteroatoms. The van der Waals surface area contributed by atoms with Crippen LogP contribution in [0.25, 0.3) is 6.08 Å². The molecule has 0 aliphatic carbocycles. The summed E-state index contributed by atoms with van der Waals surface area (Å²) < 4.78 is 33.7. The second-order valence-corrected chi connectivity index (χ2v) is 18.6. The smallest absolute Gasteiger partial charge is 0.290 e. The Balaban J connectivity index is 1.67. The number of benzene rings is 2. The van der Waals surface area contributed by atoms with Crippen molar-refractivity contribution in [2.75, 3.05) is 18.8 Å². The predicted octanol–water partition coefficient (Wildman–Crippen LogP) is -1.02. The SMILES string of the molecule is CCC[C@@H]1NC(=O)[C@@H](NC(=O)[C@H](C)NC(=O)CNC(=O)c2cc(O)ccc2O)CNC(=O)[C@@H](CS(=O)(=O)O)NC(=O)C=Cc2csc(n2)[C@@H](Cc2ccc(O)cc2)NC(=O)C(=O)[C@H]([C@H](C)CC)NC1=O. The van der Waals surface area contributed by atoms with Crippen molar-refractivity contribution in [2.45, 2.75) is 89.6 Å². The number of amides is 8. The standard InChI is InChI=1S/C44H55N9O15S2/c1-5-7-29-41(63)53-36(22(3)6-2)37(59)43(65)51-30(16-24-8-11-26(54)12-9-24)44-48-25(20-69-44)10-15-34(57)49-32(21-70(66,67)68)40(62)45-18-31(42(64)50-29)52-38(60)23(4)47-35(58)19-46-39(61)28-17-27(55)13-14-33(28)56/h8-15,17,20,22-23,29-32,36,54-56H,5-7,16,18-19,21H2,1-4H3,(H,45,62)(H,46,61)(H,47,58)(H,49,57)(H,50,64)(H,51,65)(H,52,60)(H,53,63)(H,66,67,68)/t22-,23+,29+,30-,31+,32-,36+/m1/s1. The van der Waals surface area contributed by atoms with Crippen LogP contribution in [0.5, 0.6) is 17.2 Å². The van der Waals surface area contributed by atoms with Crippen LogP contribution in [-0.4, -0.2) is 135 Å². The van der Waals surface area contributed by atoms with Gasteiger partial charge in [-0.1, -0.05) is 45.7 Å². The number of hydrogen-bond acceptors (Lipinski definition) is 16. The minimum absolute atomic E-state index is 0.0281. The van der Waals surface area contributed by atoms with Gasteiger partial charge in [0.15, 0.2) is 0 Å². The van der Waals surface area contributed by atoms with Crippen LogP contribution >= 0.6 is 11.3 Å². The Kier molecular flexibility index (Phi) is 19.9. The predicted molar refractivity (Wildman–Crippen MR) is 250 cm³/mol. The van der Waals surface area contributed by atoms with Crippen molar-refractivity contribution >= 4 is 80.6 Å². The van der Waals surface area contributed by atoms with Crippen LogP contribution in [0.3, 0.4) is 0 Å². The molecule has 70 heavy (non-hydrogen) atoms. The summed E-state index contributed by atoms with van der Waals surface area (Å²) in [5.74, 6) is -12.3. The first-order valence-corrected chi connectivity index (χ1v) is 24.3. The van der Waals surface area contributed by atoms with E-state index in [2.05, 4.69) is 47.5 Å². The Labute approximate surface area is 405 Å². The lowest BCUT2D eigenvalue weighted by Crippen LogP contribution is -2.61. The van der Waals surface area contributed by atoms with Crippen LogP contribution in [0.2, 0.25) is 0 Å². The maximum atomic E-state index is 14.1. The normalized spacial score (nSPS) is 20.7. The molecule has 1 aliphatic rings. The number of carbonyl (C=O) groups excluding carboxylic acids is 9. The number of aromatic hydroxyl groups is 3. The summed E-state index contributed by atoms with van der Waals surface area (Å²) in [4.78, 5) is 126. The Morgan fingerprint density at radius 1 is 0.843 bits per heavy atom. The molecule has 2 heterocycles. The lowest BCUT2D eigenvalue weighted by atomic mass is 9.94. The highest BCUT2D eigenvalue weighted by molar-refractivity contribution is 7.85. The first-order valence-electron chi connectivity index (χ1n) is 21.8. The van der Waals surface area contributed by atoms with Gasteiger partial charge >= 0.3 is 0 Å². The molecule has 12 N–H and O–H groups in total. The van der Waals surface area contributed by atoms with Gasteiger partial charge in [-0.25, -0.2) is 4.98 Å². The number of nitrogens with zero attached hydrogens (tertiary/aromatic N) is 1. The van der Waals surface area contributed by atoms with E-state index in [1.54, 1.807) is 32.9 Å². The number of phenols is 3. The molecule has 0 fully saturated rings. The van der Waals surface area contributed by atoms with Gasteiger partial charge < -0.3 is 57.9 Å². The summed E-state index contributed by atoms with van der Waals surface area (Å²) in [5.41, 5.74) is 0.409. The molecule has 8 amide bonds. The Morgan fingerprint density at radius 2 is 1.53 bits per heavy atom. The van der Waals surface area contributed by atoms with E-state index >= 15 is 0 Å².